The summed E-state index contributed by atoms with van der Waals surface area (Å²) in [7, 11) is 0. The molecule has 0 unspecified atom stereocenters. The van der Waals surface area contributed by atoms with Crippen molar-refractivity contribution in [2.75, 3.05) is 23.3 Å². The zero-order chi connectivity index (χ0) is 27.9. The molecule has 3 aromatic carbocycles. The predicted octanol–water partition coefficient (Wildman–Crippen LogP) is 7.03. The maximum absolute atomic E-state index is 13.5. The number of piperidine rings is 1. The Morgan fingerprint density at radius 1 is 0.850 bits per heavy atom. The minimum atomic E-state index is -0.377. The number of benzene rings is 3. The lowest BCUT2D eigenvalue weighted by Gasteiger charge is -2.35. The molecule has 0 atom stereocenters. The van der Waals surface area contributed by atoms with Crippen molar-refractivity contribution >= 4 is 46.4 Å². The first-order valence-electron chi connectivity index (χ1n) is 13.3. The van der Waals surface area contributed by atoms with Crippen LogP contribution in [0.1, 0.15) is 44.7 Å². The van der Waals surface area contributed by atoms with Gasteiger partial charge in [-0.15, -0.1) is 0 Å². The molecule has 2 heterocycles. The molecular formula is C32H30Cl2N4O2. The number of nitrogens with one attached hydrogen (secondary N) is 2. The molecule has 4 aromatic rings. The molecule has 2 amide bonds. The number of halogens is 2. The van der Waals surface area contributed by atoms with Crippen LogP contribution in [0.2, 0.25) is 10.0 Å². The number of hydrogen-bond acceptors (Lipinski definition) is 4. The normalized spacial score (nSPS) is 13.6. The van der Waals surface area contributed by atoms with Crippen molar-refractivity contribution in [1.29, 1.82) is 0 Å². The molecule has 1 saturated heterocycles. The molecule has 1 aromatic heterocycles. The first kappa shape index (κ1) is 27.7. The van der Waals surface area contributed by atoms with Gasteiger partial charge in [-0.05, 0) is 78.8 Å². The second-order valence-corrected chi connectivity index (χ2v) is 10.8. The van der Waals surface area contributed by atoms with E-state index in [0.717, 1.165) is 43.6 Å². The fourth-order valence-electron chi connectivity index (χ4n) is 5.05. The molecule has 1 aliphatic rings. The Bertz CT molecular complexity index is 1470. The lowest BCUT2D eigenvalue weighted by atomic mass is 9.89. The van der Waals surface area contributed by atoms with Crippen molar-refractivity contribution in [2.24, 2.45) is 5.92 Å². The summed E-state index contributed by atoms with van der Waals surface area (Å²) in [6.45, 7) is 2.06. The molecule has 0 radical (unpaired) electrons. The van der Waals surface area contributed by atoms with Crippen LogP contribution in [0.15, 0.2) is 91.3 Å². The molecule has 204 valence electrons. The molecule has 2 N–H and O–H groups in total. The van der Waals surface area contributed by atoms with E-state index in [1.54, 1.807) is 30.6 Å². The van der Waals surface area contributed by atoms with Crippen LogP contribution >= 0.6 is 23.2 Å². The molecule has 0 saturated carbocycles. The number of anilines is 2. The van der Waals surface area contributed by atoms with Crippen molar-refractivity contribution in [2.45, 2.75) is 25.8 Å². The summed E-state index contributed by atoms with van der Waals surface area (Å²) in [4.78, 5) is 32.8. The Balaban J connectivity index is 1.34. The van der Waals surface area contributed by atoms with Gasteiger partial charge in [0.05, 0.1) is 16.1 Å². The average Bonchev–Trinajstić information content (AvgIpc) is 2.97. The molecule has 1 fully saturated rings. The number of rotatable bonds is 8. The first-order chi connectivity index (χ1) is 19.5. The van der Waals surface area contributed by atoms with E-state index in [1.807, 2.05) is 30.3 Å². The Morgan fingerprint density at radius 3 is 2.35 bits per heavy atom. The van der Waals surface area contributed by atoms with Crippen molar-refractivity contribution in [3.8, 4) is 0 Å². The molecule has 8 heteroatoms. The standard InChI is InChI=1S/C32H30Cl2N4O2/c33-25-8-10-27(29(34)18-25)32(40)37-26-9-11-30(28(19-26)31(39)36-21-24-7-4-14-35-20-24)38-15-12-23(13-16-38)17-22-5-2-1-3-6-22/h1-11,14,18-20,23H,12-13,15-17,21H2,(H,36,39)(H,37,40). The Hall–Kier alpha value is -3.87. The van der Waals surface area contributed by atoms with E-state index in [0.29, 0.717) is 34.3 Å². The third-order valence-electron chi connectivity index (χ3n) is 7.17. The maximum Gasteiger partial charge on any atom is 0.257 e. The first-order valence-corrected chi connectivity index (χ1v) is 14.1. The molecule has 40 heavy (non-hydrogen) atoms. The van der Waals surface area contributed by atoms with E-state index in [9.17, 15) is 9.59 Å². The predicted molar refractivity (Wildman–Crippen MR) is 161 cm³/mol. The van der Waals surface area contributed by atoms with Crippen molar-refractivity contribution in [3.05, 3.63) is 124 Å². The van der Waals surface area contributed by atoms with Gasteiger partial charge in [-0.3, -0.25) is 14.6 Å². The number of amides is 2. The second-order valence-electron chi connectivity index (χ2n) is 9.97. The third kappa shape index (κ3) is 7.00. The summed E-state index contributed by atoms with van der Waals surface area (Å²) < 4.78 is 0. The van der Waals surface area contributed by atoms with Crippen LogP contribution in [-0.2, 0) is 13.0 Å². The van der Waals surface area contributed by atoms with Gasteiger partial charge >= 0.3 is 0 Å². The highest BCUT2D eigenvalue weighted by molar-refractivity contribution is 6.37. The molecular weight excluding hydrogens is 543 g/mol. The molecule has 0 bridgehead atoms. The Labute approximate surface area is 244 Å². The zero-order valence-electron chi connectivity index (χ0n) is 21.9. The topological polar surface area (TPSA) is 74.3 Å². The Kier molecular flexibility index (Phi) is 8.99. The lowest BCUT2D eigenvalue weighted by molar-refractivity contribution is 0.0950. The summed E-state index contributed by atoms with van der Waals surface area (Å²) in [5.74, 6) is 0.00735. The lowest BCUT2D eigenvalue weighted by Crippen LogP contribution is -2.36. The second kappa shape index (κ2) is 13.0. The fourth-order valence-corrected chi connectivity index (χ4v) is 5.54. The average molecular weight is 574 g/mol. The van der Waals surface area contributed by atoms with Gasteiger partial charge in [-0.1, -0.05) is 59.6 Å². The fraction of sp³-hybridized carbons (Fsp3) is 0.219. The highest BCUT2D eigenvalue weighted by Crippen LogP contribution is 2.31. The van der Waals surface area contributed by atoms with Gasteiger partial charge in [-0.2, -0.15) is 0 Å². The molecule has 0 spiro atoms. The Morgan fingerprint density at radius 2 is 1.62 bits per heavy atom. The number of aromatic nitrogens is 1. The van der Waals surface area contributed by atoms with Gasteiger partial charge in [0.1, 0.15) is 0 Å². The van der Waals surface area contributed by atoms with Crippen LogP contribution in [0, 0.1) is 5.92 Å². The van der Waals surface area contributed by atoms with Crippen LogP contribution in [-0.4, -0.2) is 29.9 Å². The summed E-state index contributed by atoms with van der Waals surface area (Å²) in [5, 5.41) is 6.60. The van der Waals surface area contributed by atoms with Gasteiger partial charge < -0.3 is 15.5 Å². The van der Waals surface area contributed by atoms with Gasteiger partial charge in [0.2, 0.25) is 0 Å². The monoisotopic (exact) mass is 572 g/mol. The number of pyridine rings is 1. The van der Waals surface area contributed by atoms with E-state index in [1.165, 1.54) is 11.6 Å². The number of carbonyl (C=O) groups excluding carboxylic acids is 2. The summed E-state index contributed by atoms with van der Waals surface area (Å²) in [6, 6.07) is 24.5. The van der Waals surface area contributed by atoms with Crippen molar-refractivity contribution < 1.29 is 9.59 Å². The van der Waals surface area contributed by atoms with Crippen LogP contribution in [0.3, 0.4) is 0 Å². The van der Waals surface area contributed by atoms with Gasteiger partial charge in [0, 0.05) is 48.4 Å². The summed E-state index contributed by atoms with van der Waals surface area (Å²) in [6.07, 6.45) is 6.57. The van der Waals surface area contributed by atoms with E-state index < -0.39 is 0 Å². The minimum Gasteiger partial charge on any atom is -0.371 e. The number of hydrogen-bond donors (Lipinski definition) is 2. The number of nitrogens with zero attached hydrogens (tertiary/aromatic N) is 2. The molecule has 1 aliphatic heterocycles. The van der Waals surface area contributed by atoms with E-state index in [2.05, 4.69) is 44.8 Å². The number of carbonyl (C=O) groups is 2. The zero-order valence-corrected chi connectivity index (χ0v) is 23.5. The minimum absolute atomic E-state index is 0.217. The van der Waals surface area contributed by atoms with E-state index in [-0.39, 0.29) is 16.8 Å². The largest absolute Gasteiger partial charge is 0.371 e. The molecule has 6 nitrogen and oxygen atoms in total. The molecule has 5 rings (SSSR count). The quantitative estimate of drug-likeness (QED) is 0.237. The highest BCUT2D eigenvalue weighted by atomic mass is 35.5. The third-order valence-corrected chi connectivity index (χ3v) is 7.72. The van der Waals surface area contributed by atoms with Crippen molar-refractivity contribution in [1.82, 2.24) is 10.3 Å². The smallest absolute Gasteiger partial charge is 0.257 e. The van der Waals surface area contributed by atoms with Crippen LogP contribution in [0.25, 0.3) is 0 Å². The van der Waals surface area contributed by atoms with E-state index in [4.69, 9.17) is 23.2 Å². The highest BCUT2D eigenvalue weighted by Gasteiger charge is 2.24. The van der Waals surface area contributed by atoms with Gasteiger partial charge in [0.15, 0.2) is 0 Å². The van der Waals surface area contributed by atoms with Gasteiger partial charge in [0.25, 0.3) is 11.8 Å². The van der Waals surface area contributed by atoms with Gasteiger partial charge in [-0.25, -0.2) is 0 Å². The maximum atomic E-state index is 13.5. The van der Waals surface area contributed by atoms with Crippen molar-refractivity contribution in [3.63, 3.8) is 0 Å². The van der Waals surface area contributed by atoms with E-state index >= 15 is 0 Å². The van der Waals surface area contributed by atoms with Crippen LogP contribution in [0.4, 0.5) is 11.4 Å². The summed E-state index contributed by atoms with van der Waals surface area (Å²) >= 11 is 12.2. The van der Waals surface area contributed by atoms with Crippen LogP contribution in [0.5, 0.6) is 0 Å². The van der Waals surface area contributed by atoms with Crippen LogP contribution < -0.4 is 15.5 Å². The molecule has 0 aliphatic carbocycles. The summed E-state index contributed by atoms with van der Waals surface area (Å²) in [5.41, 5.74) is 4.43. The SMILES string of the molecule is O=C(Nc1ccc(N2CCC(Cc3ccccc3)CC2)c(C(=O)NCc2cccnc2)c1)c1ccc(Cl)cc1Cl.